The Balaban J connectivity index is 0.00000261. The lowest BCUT2D eigenvalue weighted by Crippen LogP contribution is -2.48. The number of piperazine rings is 1. The van der Waals surface area contributed by atoms with Crippen molar-refractivity contribution < 1.29 is 14.0 Å². The van der Waals surface area contributed by atoms with E-state index in [0.717, 1.165) is 5.56 Å². The summed E-state index contributed by atoms with van der Waals surface area (Å²) in [7, 11) is 0. The Kier molecular flexibility index (Phi) is 7.18. The second kappa shape index (κ2) is 9.17. The number of carbonyl (C=O) groups is 2. The lowest BCUT2D eigenvalue weighted by Gasteiger charge is -2.36. The first-order chi connectivity index (χ1) is 12.5. The third-order valence-electron chi connectivity index (χ3n) is 4.25. The number of benzene rings is 2. The molecule has 1 saturated heterocycles. The normalized spacial score (nSPS) is 16.4. The maximum atomic E-state index is 14.3. The summed E-state index contributed by atoms with van der Waals surface area (Å²) in [6, 6.07) is 11.0. The van der Waals surface area contributed by atoms with Crippen molar-refractivity contribution in [1.29, 1.82) is 0 Å². The number of anilines is 1. The molecule has 3 rings (SSSR count). The van der Waals surface area contributed by atoms with Gasteiger partial charge in [-0.25, -0.2) is 4.39 Å². The third kappa shape index (κ3) is 4.97. The highest BCUT2D eigenvalue weighted by Crippen LogP contribution is 2.27. The van der Waals surface area contributed by atoms with Gasteiger partial charge in [-0.2, -0.15) is 0 Å². The van der Waals surface area contributed by atoms with Crippen molar-refractivity contribution in [3.05, 3.63) is 64.4 Å². The highest BCUT2D eigenvalue weighted by atomic mass is 35.5. The standard InChI is InChI=1S/C19H19ClFN3O2.ClH/c1-12(25)23-15-5-6-17(21)16(10-15)19(26)24-8-7-22-11-18(24)13-3-2-4-14(20)9-13;/h2-6,9-10,18,22H,7-8,11H2,1H3,(H,23,25);1H. The van der Waals surface area contributed by atoms with E-state index in [1.54, 1.807) is 11.0 Å². The van der Waals surface area contributed by atoms with Gasteiger partial charge in [0.05, 0.1) is 11.6 Å². The zero-order valence-corrected chi connectivity index (χ0v) is 16.2. The minimum Gasteiger partial charge on any atom is -0.329 e. The van der Waals surface area contributed by atoms with Gasteiger partial charge in [0.1, 0.15) is 5.82 Å². The van der Waals surface area contributed by atoms with Crippen molar-refractivity contribution in [2.45, 2.75) is 13.0 Å². The summed E-state index contributed by atoms with van der Waals surface area (Å²) in [6.45, 7) is 2.98. The Labute approximate surface area is 168 Å². The van der Waals surface area contributed by atoms with E-state index in [2.05, 4.69) is 10.6 Å². The van der Waals surface area contributed by atoms with Gasteiger partial charge in [-0.3, -0.25) is 9.59 Å². The molecule has 2 aromatic rings. The zero-order valence-electron chi connectivity index (χ0n) is 14.7. The summed E-state index contributed by atoms with van der Waals surface area (Å²) in [6.07, 6.45) is 0. The van der Waals surface area contributed by atoms with Crippen molar-refractivity contribution in [3.63, 3.8) is 0 Å². The molecule has 1 fully saturated rings. The van der Waals surface area contributed by atoms with Gasteiger partial charge in [-0.05, 0) is 35.9 Å². The fourth-order valence-electron chi connectivity index (χ4n) is 3.08. The zero-order chi connectivity index (χ0) is 18.7. The minimum atomic E-state index is -0.618. The van der Waals surface area contributed by atoms with Crippen LogP contribution in [0, 0.1) is 5.82 Å². The minimum absolute atomic E-state index is 0. The Hall–Kier alpha value is -2.15. The molecule has 0 saturated carbocycles. The number of rotatable bonds is 3. The van der Waals surface area contributed by atoms with Gasteiger partial charge in [-0.1, -0.05) is 23.7 Å². The highest BCUT2D eigenvalue weighted by Gasteiger charge is 2.30. The largest absolute Gasteiger partial charge is 0.329 e. The number of nitrogens with zero attached hydrogens (tertiary/aromatic N) is 1. The van der Waals surface area contributed by atoms with Crippen molar-refractivity contribution in [1.82, 2.24) is 10.2 Å². The van der Waals surface area contributed by atoms with Crippen molar-refractivity contribution in [2.75, 3.05) is 25.0 Å². The molecule has 5 nitrogen and oxygen atoms in total. The average Bonchev–Trinajstić information content (AvgIpc) is 2.62. The molecule has 2 amide bonds. The number of amides is 2. The van der Waals surface area contributed by atoms with Crippen molar-refractivity contribution in [3.8, 4) is 0 Å². The Morgan fingerprint density at radius 1 is 1.26 bits per heavy atom. The van der Waals surface area contributed by atoms with E-state index in [9.17, 15) is 14.0 Å². The Morgan fingerprint density at radius 3 is 2.74 bits per heavy atom. The molecule has 0 spiro atoms. The number of hydrogen-bond acceptors (Lipinski definition) is 3. The van der Waals surface area contributed by atoms with Crippen molar-refractivity contribution >= 4 is 41.5 Å². The van der Waals surface area contributed by atoms with E-state index in [-0.39, 0.29) is 29.9 Å². The summed E-state index contributed by atoms with van der Waals surface area (Å²) in [5.74, 6) is -1.32. The van der Waals surface area contributed by atoms with E-state index in [1.807, 2.05) is 18.2 Å². The van der Waals surface area contributed by atoms with Crippen LogP contribution in [0.3, 0.4) is 0 Å². The molecule has 8 heteroatoms. The van der Waals surface area contributed by atoms with Crippen LogP contribution >= 0.6 is 24.0 Å². The van der Waals surface area contributed by atoms with Crippen LogP contribution in [0.2, 0.25) is 5.02 Å². The van der Waals surface area contributed by atoms with E-state index in [1.165, 1.54) is 25.1 Å². The topological polar surface area (TPSA) is 61.4 Å². The van der Waals surface area contributed by atoms with E-state index in [4.69, 9.17) is 11.6 Å². The maximum absolute atomic E-state index is 14.3. The van der Waals surface area contributed by atoms with Crippen LogP contribution in [0.1, 0.15) is 28.9 Å². The maximum Gasteiger partial charge on any atom is 0.257 e. The lowest BCUT2D eigenvalue weighted by atomic mass is 10.0. The number of nitrogens with one attached hydrogen (secondary N) is 2. The second-order valence-electron chi connectivity index (χ2n) is 6.15. The fourth-order valence-corrected chi connectivity index (χ4v) is 3.28. The molecule has 144 valence electrons. The molecule has 1 atom stereocenters. The summed E-state index contributed by atoms with van der Waals surface area (Å²) >= 11 is 6.08. The molecular weight excluding hydrogens is 392 g/mol. The van der Waals surface area contributed by atoms with Crippen LogP contribution in [0.5, 0.6) is 0 Å². The molecule has 0 bridgehead atoms. The third-order valence-corrected chi connectivity index (χ3v) is 4.49. The molecule has 1 aliphatic rings. The molecule has 27 heavy (non-hydrogen) atoms. The number of halogens is 3. The fraction of sp³-hybridized carbons (Fsp3) is 0.263. The summed E-state index contributed by atoms with van der Waals surface area (Å²) in [5, 5.41) is 6.41. The molecule has 0 radical (unpaired) electrons. The van der Waals surface area contributed by atoms with Crippen LogP contribution in [0.15, 0.2) is 42.5 Å². The van der Waals surface area contributed by atoms with Gasteiger partial charge in [0, 0.05) is 37.3 Å². The Morgan fingerprint density at radius 2 is 2.04 bits per heavy atom. The predicted octanol–water partition coefficient (Wildman–Crippen LogP) is 3.65. The SMILES string of the molecule is CC(=O)Nc1ccc(F)c(C(=O)N2CCNCC2c2cccc(Cl)c2)c1.Cl. The molecule has 0 aliphatic carbocycles. The number of carbonyl (C=O) groups excluding carboxylic acids is 2. The lowest BCUT2D eigenvalue weighted by molar-refractivity contribution is -0.114. The van der Waals surface area contributed by atoms with E-state index >= 15 is 0 Å². The monoisotopic (exact) mass is 411 g/mol. The predicted molar refractivity (Wildman–Crippen MR) is 106 cm³/mol. The van der Waals surface area contributed by atoms with Gasteiger partial charge in [-0.15, -0.1) is 12.4 Å². The van der Waals surface area contributed by atoms with Crippen LogP contribution < -0.4 is 10.6 Å². The highest BCUT2D eigenvalue weighted by molar-refractivity contribution is 6.30. The second-order valence-corrected chi connectivity index (χ2v) is 6.59. The van der Waals surface area contributed by atoms with Gasteiger partial charge >= 0.3 is 0 Å². The summed E-state index contributed by atoms with van der Waals surface area (Å²) in [5.41, 5.74) is 1.21. The average molecular weight is 412 g/mol. The van der Waals surface area contributed by atoms with Gasteiger partial charge in [0.2, 0.25) is 5.91 Å². The van der Waals surface area contributed by atoms with Gasteiger partial charge in [0.15, 0.2) is 0 Å². The Bertz CT molecular complexity index is 847. The van der Waals surface area contributed by atoms with Crippen LogP contribution in [-0.4, -0.2) is 36.3 Å². The molecule has 1 heterocycles. The van der Waals surface area contributed by atoms with Crippen LogP contribution in [0.4, 0.5) is 10.1 Å². The smallest absolute Gasteiger partial charge is 0.257 e. The summed E-state index contributed by atoms with van der Waals surface area (Å²) in [4.78, 5) is 25.9. The molecule has 2 aromatic carbocycles. The first-order valence-electron chi connectivity index (χ1n) is 8.30. The first-order valence-corrected chi connectivity index (χ1v) is 8.68. The summed E-state index contributed by atoms with van der Waals surface area (Å²) < 4.78 is 14.3. The van der Waals surface area contributed by atoms with Gasteiger partial charge < -0.3 is 15.5 Å². The quantitative estimate of drug-likeness (QED) is 0.809. The molecular formula is C19H20Cl2FN3O2. The molecule has 2 N–H and O–H groups in total. The number of hydrogen-bond donors (Lipinski definition) is 2. The van der Waals surface area contributed by atoms with Crippen molar-refractivity contribution in [2.24, 2.45) is 0 Å². The molecule has 0 aromatic heterocycles. The van der Waals surface area contributed by atoms with Crippen LogP contribution in [0.25, 0.3) is 0 Å². The molecule has 1 aliphatic heterocycles. The van der Waals surface area contributed by atoms with Crippen LogP contribution in [-0.2, 0) is 4.79 Å². The van der Waals surface area contributed by atoms with Gasteiger partial charge in [0.25, 0.3) is 5.91 Å². The first kappa shape index (κ1) is 21.2. The van der Waals surface area contributed by atoms with E-state index < -0.39 is 11.7 Å². The molecule has 1 unspecified atom stereocenters. The van der Waals surface area contributed by atoms with E-state index in [0.29, 0.717) is 30.3 Å².